The maximum Gasteiger partial charge on any atom is 0.328 e. The van der Waals surface area contributed by atoms with Crippen LogP contribution in [0.25, 0.3) is 0 Å². The molecule has 1 amide bonds. The van der Waals surface area contributed by atoms with Gasteiger partial charge in [-0.2, -0.15) is 0 Å². The van der Waals surface area contributed by atoms with Crippen molar-refractivity contribution in [3.05, 3.63) is 0 Å². The van der Waals surface area contributed by atoms with Crippen LogP contribution in [0.5, 0.6) is 0 Å². The average molecular weight is 228 g/mol. The number of esters is 1. The molecule has 6 heteroatoms. The van der Waals surface area contributed by atoms with E-state index in [2.05, 4.69) is 4.74 Å². The van der Waals surface area contributed by atoms with Gasteiger partial charge in [0.25, 0.3) is 0 Å². The molecule has 0 unspecified atom stereocenters. The Morgan fingerprint density at radius 3 is 2.62 bits per heavy atom. The lowest BCUT2D eigenvalue weighted by molar-refractivity contribution is -0.144. The molecule has 1 heterocycles. The van der Waals surface area contributed by atoms with Crippen molar-refractivity contribution >= 4 is 35.3 Å². The SMILES string of the molecule is COC(=O)[C@@H]1CCCN1C(=O)Cl.Cl. The van der Waals surface area contributed by atoms with Crippen molar-refractivity contribution < 1.29 is 14.3 Å². The van der Waals surface area contributed by atoms with Crippen molar-refractivity contribution in [2.45, 2.75) is 18.9 Å². The van der Waals surface area contributed by atoms with Crippen LogP contribution in [0.4, 0.5) is 4.79 Å². The van der Waals surface area contributed by atoms with Crippen molar-refractivity contribution in [2.75, 3.05) is 13.7 Å². The van der Waals surface area contributed by atoms with Gasteiger partial charge in [0, 0.05) is 6.54 Å². The maximum absolute atomic E-state index is 11.1. The summed E-state index contributed by atoms with van der Waals surface area (Å²) in [5.74, 6) is -0.387. The number of hydrogen-bond acceptors (Lipinski definition) is 3. The van der Waals surface area contributed by atoms with Gasteiger partial charge in [-0.1, -0.05) is 0 Å². The summed E-state index contributed by atoms with van der Waals surface area (Å²) in [4.78, 5) is 23.1. The average Bonchev–Trinajstić information content (AvgIpc) is 2.50. The first kappa shape index (κ1) is 12.5. The molecule has 0 N–H and O–H groups in total. The molecule has 0 spiro atoms. The summed E-state index contributed by atoms with van der Waals surface area (Å²) in [6.07, 6.45) is 1.45. The van der Waals surface area contributed by atoms with E-state index in [4.69, 9.17) is 11.6 Å². The van der Waals surface area contributed by atoms with Gasteiger partial charge in [0.05, 0.1) is 7.11 Å². The maximum atomic E-state index is 11.1. The number of hydrogen-bond donors (Lipinski definition) is 0. The first-order valence-electron chi connectivity index (χ1n) is 3.70. The van der Waals surface area contributed by atoms with Crippen LogP contribution in [-0.2, 0) is 9.53 Å². The fraction of sp³-hybridized carbons (Fsp3) is 0.714. The molecule has 0 saturated carbocycles. The van der Waals surface area contributed by atoms with Crippen LogP contribution in [0.15, 0.2) is 0 Å². The normalized spacial score (nSPS) is 20.8. The van der Waals surface area contributed by atoms with E-state index in [0.717, 1.165) is 6.42 Å². The predicted molar refractivity (Wildman–Crippen MR) is 50.2 cm³/mol. The fourth-order valence-corrected chi connectivity index (χ4v) is 1.56. The largest absolute Gasteiger partial charge is 0.467 e. The molecule has 0 aromatic heterocycles. The lowest BCUT2D eigenvalue weighted by Gasteiger charge is -2.18. The molecule has 1 rings (SSSR count). The van der Waals surface area contributed by atoms with Crippen molar-refractivity contribution in [3.8, 4) is 0 Å². The topological polar surface area (TPSA) is 46.6 Å². The van der Waals surface area contributed by atoms with Gasteiger partial charge < -0.3 is 9.64 Å². The monoisotopic (exact) mass is 227 g/mol. The highest BCUT2D eigenvalue weighted by Crippen LogP contribution is 2.19. The molecule has 13 heavy (non-hydrogen) atoms. The second kappa shape index (κ2) is 5.29. The van der Waals surface area contributed by atoms with Crippen LogP contribution in [0.1, 0.15) is 12.8 Å². The summed E-state index contributed by atoms with van der Waals surface area (Å²) >= 11 is 5.26. The Kier molecular flexibility index (Phi) is 5.10. The number of carbonyl (C=O) groups excluding carboxylic acids is 2. The van der Waals surface area contributed by atoms with Crippen LogP contribution < -0.4 is 0 Å². The third-order valence-corrected chi connectivity index (χ3v) is 2.17. The Hall–Kier alpha value is -0.480. The molecular formula is C7H11Cl2NO3. The number of halogens is 2. The third kappa shape index (κ3) is 2.74. The smallest absolute Gasteiger partial charge is 0.328 e. The van der Waals surface area contributed by atoms with Gasteiger partial charge in [-0.15, -0.1) is 12.4 Å². The molecule has 1 fully saturated rings. The Bertz CT molecular complexity index is 210. The van der Waals surface area contributed by atoms with Gasteiger partial charge in [-0.25, -0.2) is 4.79 Å². The molecular weight excluding hydrogens is 217 g/mol. The van der Waals surface area contributed by atoms with Crippen molar-refractivity contribution in [1.29, 1.82) is 0 Å². The molecule has 0 aliphatic carbocycles. The van der Waals surface area contributed by atoms with E-state index >= 15 is 0 Å². The van der Waals surface area contributed by atoms with E-state index in [1.54, 1.807) is 0 Å². The lowest BCUT2D eigenvalue weighted by Crippen LogP contribution is -2.38. The highest BCUT2D eigenvalue weighted by molar-refractivity contribution is 6.63. The zero-order chi connectivity index (χ0) is 9.14. The summed E-state index contributed by atoms with van der Waals surface area (Å²) in [5, 5.41) is -0.581. The van der Waals surface area contributed by atoms with E-state index in [-0.39, 0.29) is 18.4 Å². The Morgan fingerprint density at radius 1 is 1.54 bits per heavy atom. The van der Waals surface area contributed by atoms with Crippen LogP contribution >= 0.6 is 24.0 Å². The highest BCUT2D eigenvalue weighted by atomic mass is 35.5. The minimum atomic E-state index is -0.581. The summed E-state index contributed by atoms with van der Waals surface area (Å²) in [5.41, 5.74) is 0. The van der Waals surface area contributed by atoms with Gasteiger partial charge in [-0.3, -0.25) is 4.79 Å². The number of nitrogens with zero attached hydrogens (tertiary/aromatic N) is 1. The number of carbonyl (C=O) groups is 2. The van der Waals surface area contributed by atoms with Crippen LogP contribution in [-0.4, -0.2) is 35.9 Å². The third-order valence-electron chi connectivity index (χ3n) is 1.95. The van der Waals surface area contributed by atoms with Gasteiger partial charge in [0.1, 0.15) is 6.04 Å². The number of methoxy groups -OCH3 is 1. The highest BCUT2D eigenvalue weighted by Gasteiger charge is 2.33. The Morgan fingerprint density at radius 2 is 2.15 bits per heavy atom. The Balaban J connectivity index is 0.00000144. The minimum Gasteiger partial charge on any atom is -0.467 e. The standard InChI is InChI=1S/C7H10ClNO3.ClH/c1-12-6(10)5-3-2-4-9(5)7(8)11;/h5H,2-4H2,1H3;1H/t5-;/m0./s1. The summed E-state index contributed by atoms with van der Waals surface area (Å²) in [7, 11) is 1.30. The second-order valence-electron chi connectivity index (χ2n) is 2.63. The summed E-state index contributed by atoms with van der Waals surface area (Å²) in [6.45, 7) is 0.544. The second-order valence-corrected chi connectivity index (χ2v) is 2.95. The number of amides is 1. The molecule has 0 aromatic rings. The van der Waals surface area contributed by atoms with Crippen LogP contribution in [0.2, 0.25) is 0 Å². The molecule has 1 aliphatic rings. The van der Waals surface area contributed by atoms with Crippen molar-refractivity contribution in [2.24, 2.45) is 0 Å². The van der Waals surface area contributed by atoms with E-state index in [0.29, 0.717) is 13.0 Å². The zero-order valence-electron chi connectivity index (χ0n) is 7.16. The minimum absolute atomic E-state index is 0. The van der Waals surface area contributed by atoms with E-state index in [9.17, 15) is 9.59 Å². The molecule has 1 saturated heterocycles. The van der Waals surface area contributed by atoms with Gasteiger partial charge in [-0.05, 0) is 24.4 Å². The van der Waals surface area contributed by atoms with Gasteiger partial charge in [0.2, 0.25) is 0 Å². The van der Waals surface area contributed by atoms with Crippen LogP contribution in [0, 0.1) is 0 Å². The van der Waals surface area contributed by atoms with Crippen LogP contribution in [0.3, 0.4) is 0 Å². The van der Waals surface area contributed by atoms with E-state index in [1.165, 1.54) is 12.0 Å². The zero-order valence-corrected chi connectivity index (χ0v) is 8.73. The first-order valence-corrected chi connectivity index (χ1v) is 4.08. The van der Waals surface area contributed by atoms with E-state index in [1.807, 2.05) is 0 Å². The summed E-state index contributed by atoms with van der Waals surface area (Å²) in [6, 6.07) is -0.472. The molecule has 1 aliphatic heterocycles. The first-order chi connectivity index (χ1) is 5.66. The van der Waals surface area contributed by atoms with Crippen molar-refractivity contribution in [3.63, 3.8) is 0 Å². The number of likely N-dealkylation sites (tertiary alicyclic amines) is 1. The Labute approximate surface area is 87.6 Å². The molecule has 1 atom stereocenters. The molecule has 0 radical (unpaired) electrons. The fourth-order valence-electron chi connectivity index (χ4n) is 1.36. The van der Waals surface area contributed by atoms with Gasteiger partial charge in [0.15, 0.2) is 0 Å². The number of rotatable bonds is 1. The molecule has 0 bridgehead atoms. The predicted octanol–water partition coefficient (Wildman–Crippen LogP) is 1.40. The van der Waals surface area contributed by atoms with E-state index < -0.39 is 11.4 Å². The van der Waals surface area contributed by atoms with Gasteiger partial charge >= 0.3 is 11.3 Å². The van der Waals surface area contributed by atoms with Crippen molar-refractivity contribution in [1.82, 2.24) is 4.90 Å². The molecule has 0 aromatic carbocycles. The molecule has 76 valence electrons. The summed E-state index contributed by atoms with van der Waals surface area (Å²) < 4.78 is 4.52. The quantitative estimate of drug-likeness (QED) is 0.387. The number of ether oxygens (including phenoxy) is 1. The lowest BCUT2D eigenvalue weighted by atomic mass is 10.2. The molecule has 4 nitrogen and oxygen atoms in total.